The fourth-order valence-corrected chi connectivity index (χ4v) is 4.48. The van der Waals surface area contributed by atoms with Crippen molar-refractivity contribution >= 4 is 33.3 Å². The van der Waals surface area contributed by atoms with Crippen LogP contribution in [0.2, 0.25) is 0 Å². The molecule has 1 N–H and O–H groups in total. The van der Waals surface area contributed by atoms with Crippen molar-refractivity contribution in [2.75, 3.05) is 44.9 Å². The number of carbonyl (C=O) groups excluding carboxylic acids is 1. The number of aryl methyl sites for hydroxylation is 1. The lowest BCUT2D eigenvalue weighted by Crippen LogP contribution is -2.36. The molecule has 0 radical (unpaired) electrons. The number of rotatable bonds is 6. The van der Waals surface area contributed by atoms with Gasteiger partial charge in [0, 0.05) is 19.6 Å². The van der Waals surface area contributed by atoms with Gasteiger partial charge in [-0.15, -0.1) is 0 Å². The van der Waals surface area contributed by atoms with Crippen molar-refractivity contribution in [2.24, 2.45) is 0 Å². The van der Waals surface area contributed by atoms with Crippen molar-refractivity contribution in [2.45, 2.75) is 13.3 Å². The molecule has 0 unspecified atom stereocenters. The number of carbonyl (C=O) groups is 1. The summed E-state index contributed by atoms with van der Waals surface area (Å²) in [6, 6.07) is 12.2. The number of anilines is 1. The van der Waals surface area contributed by atoms with Gasteiger partial charge in [0.05, 0.1) is 30.7 Å². The van der Waals surface area contributed by atoms with Gasteiger partial charge < -0.3 is 24.4 Å². The summed E-state index contributed by atoms with van der Waals surface area (Å²) < 4.78 is 17.3. The molecular weight excluding hydrogens is 402 g/mol. The van der Waals surface area contributed by atoms with E-state index >= 15 is 0 Å². The van der Waals surface area contributed by atoms with Crippen molar-refractivity contribution in [3.05, 3.63) is 47.5 Å². The molecule has 0 atom stereocenters. The second-order valence-corrected chi connectivity index (χ2v) is 8.06. The molecule has 4 rings (SSSR count). The van der Waals surface area contributed by atoms with Gasteiger partial charge in [-0.1, -0.05) is 41.2 Å². The van der Waals surface area contributed by atoms with E-state index in [0.717, 1.165) is 29.9 Å². The normalized spacial score (nSPS) is 14.0. The van der Waals surface area contributed by atoms with E-state index in [2.05, 4.69) is 34.3 Å². The van der Waals surface area contributed by atoms with Crippen LogP contribution in [0.25, 0.3) is 10.2 Å². The summed E-state index contributed by atoms with van der Waals surface area (Å²) in [6.07, 6.45) is 0.236. The van der Waals surface area contributed by atoms with Crippen LogP contribution >= 0.6 is 11.3 Å². The molecule has 1 saturated heterocycles. The Bertz CT molecular complexity index is 1030. The molecule has 8 heteroatoms. The van der Waals surface area contributed by atoms with E-state index in [1.807, 2.05) is 24.3 Å². The minimum atomic E-state index is -0.506. The second-order valence-electron chi connectivity index (χ2n) is 7.10. The summed E-state index contributed by atoms with van der Waals surface area (Å²) in [5, 5.41) is 3.10. The fourth-order valence-electron chi connectivity index (χ4n) is 3.50. The molecule has 158 valence electrons. The van der Waals surface area contributed by atoms with Crippen molar-refractivity contribution in [1.82, 2.24) is 10.3 Å². The zero-order valence-electron chi connectivity index (χ0n) is 17.1. The first kappa shape index (κ1) is 20.4. The highest BCUT2D eigenvalue weighted by molar-refractivity contribution is 7.21. The van der Waals surface area contributed by atoms with Gasteiger partial charge in [0.15, 0.2) is 0 Å². The predicted molar refractivity (Wildman–Crippen MR) is 118 cm³/mol. The van der Waals surface area contributed by atoms with Gasteiger partial charge in [-0.05, 0) is 31.0 Å². The molecule has 2 aromatic carbocycles. The van der Waals surface area contributed by atoms with E-state index in [1.54, 1.807) is 7.11 Å². The number of thiazole rings is 1. The smallest absolute Gasteiger partial charge is 0.414 e. The third-order valence-electron chi connectivity index (χ3n) is 4.98. The van der Waals surface area contributed by atoms with E-state index in [4.69, 9.17) is 14.2 Å². The number of benzene rings is 2. The highest BCUT2D eigenvalue weighted by Gasteiger charge is 2.20. The Labute approximate surface area is 179 Å². The van der Waals surface area contributed by atoms with Crippen molar-refractivity contribution in [3.8, 4) is 10.9 Å². The Balaban J connectivity index is 1.45. The molecule has 0 bridgehead atoms. The summed E-state index contributed by atoms with van der Waals surface area (Å²) in [6.45, 7) is 5.56. The number of nitrogens with zero attached hydrogens (tertiary/aromatic N) is 2. The molecule has 2 heterocycles. The first-order chi connectivity index (χ1) is 14.6. The maximum atomic E-state index is 12.3. The molecule has 1 aliphatic heterocycles. The van der Waals surface area contributed by atoms with Crippen molar-refractivity contribution in [1.29, 1.82) is 0 Å². The molecule has 1 aromatic heterocycles. The summed E-state index contributed by atoms with van der Waals surface area (Å²) in [5.74, 6) is 0.660. The van der Waals surface area contributed by atoms with Crippen LogP contribution in [0, 0.1) is 6.92 Å². The van der Waals surface area contributed by atoms with Gasteiger partial charge >= 0.3 is 6.09 Å². The summed E-state index contributed by atoms with van der Waals surface area (Å²) in [5.41, 5.74) is 4.14. The van der Waals surface area contributed by atoms with Crippen LogP contribution in [0.1, 0.15) is 11.1 Å². The maximum absolute atomic E-state index is 12.3. The molecule has 0 saturated carbocycles. The average Bonchev–Trinajstić information content (AvgIpc) is 3.17. The summed E-state index contributed by atoms with van der Waals surface area (Å²) >= 11 is 1.35. The lowest BCUT2D eigenvalue weighted by Gasteiger charge is -2.29. The molecule has 30 heavy (non-hydrogen) atoms. The molecule has 1 fully saturated rings. The van der Waals surface area contributed by atoms with Crippen LogP contribution in [0.3, 0.4) is 0 Å². The van der Waals surface area contributed by atoms with Crippen molar-refractivity contribution in [3.63, 3.8) is 0 Å². The molecule has 3 aromatic rings. The number of ether oxygens (including phenoxy) is 3. The Hall–Kier alpha value is -2.84. The minimum absolute atomic E-state index is 0.303. The quantitative estimate of drug-likeness (QED) is 0.645. The van der Waals surface area contributed by atoms with Crippen molar-refractivity contribution < 1.29 is 19.0 Å². The highest BCUT2D eigenvalue weighted by atomic mass is 32.1. The SMILES string of the molecule is COc1ccc(N2CCOCC2)c2sc(OC(=O)NCCc3cccc(C)c3)nc12. The largest absolute Gasteiger partial charge is 0.494 e. The summed E-state index contributed by atoms with van der Waals surface area (Å²) in [7, 11) is 1.61. The van der Waals surface area contributed by atoms with Crippen LogP contribution in [-0.4, -0.2) is 51.0 Å². The number of hydrogen-bond donors (Lipinski definition) is 1. The first-order valence-corrected chi connectivity index (χ1v) is 10.8. The minimum Gasteiger partial charge on any atom is -0.494 e. The Morgan fingerprint density at radius 3 is 2.87 bits per heavy atom. The average molecular weight is 428 g/mol. The lowest BCUT2D eigenvalue weighted by molar-refractivity contribution is 0.123. The topological polar surface area (TPSA) is 72.9 Å². The Morgan fingerprint density at radius 1 is 1.27 bits per heavy atom. The van der Waals surface area contributed by atoms with E-state index in [1.165, 1.54) is 22.5 Å². The molecule has 1 aliphatic rings. The number of nitrogens with one attached hydrogen (secondary N) is 1. The zero-order chi connectivity index (χ0) is 20.9. The first-order valence-electron chi connectivity index (χ1n) is 9.95. The number of hydrogen-bond acceptors (Lipinski definition) is 7. The van der Waals surface area contributed by atoms with Gasteiger partial charge in [-0.3, -0.25) is 0 Å². The highest BCUT2D eigenvalue weighted by Crippen LogP contribution is 2.40. The Kier molecular flexibility index (Phi) is 6.35. The van der Waals surface area contributed by atoms with Crippen LogP contribution in [0.5, 0.6) is 10.9 Å². The predicted octanol–water partition coefficient (Wildman–Crippen LogP) is 3.78. The molecule has 7 nitrogen and oxygen atoms in total. The third-order valence-corrected chi connectivity index (χ3v) is 5.94. The number of morpholine rings is 1. The standard InChI is InChI=1S/C22H25N3O4S/c1-15-4-3-5-16(14-15)8-9-23-21(26)29-22-24-19-18(27-2)7-6-17(20(19)30-22)25-10-12-28-13-11-25/h3-7,14H,8-13H2,1-2H3,(H,23,26). The number of fused-ring (bicyclic) bond motifs is 1. The van der Waals surface area contributed by atoms with E-state index in [9.17, 15) is 4.79 Å². The number of aromatic nitrogens is 1. The van der Waals surface area contributed by atoms with Crippen LogP contribution in [-0.2, 0) is 11.2 Å². The van der Waals surface area contributed by atoms with E-state index < -0.39 is 6.09 Å². The maximum Gasteiger partial charge on any atom is 0.414 e. The van der Waals surface area contributed by atoms with E-state index in [-0.39, 0.29) is 0 Å². The Morgan fingerprint density at radius 2 is 2.10 bits per heavy atom. The lowest BCUT2D eigenvalue weighted by atomic mass is 10.1. The van der Waals surface area contributed by atoms with Crippen LogP contribution in [0.4, 0.5) is 10.5 Å². The molecular formula is C22H25N3O4S. The molecule has 0 spiro atoms. The molecule has 1 amide bonds. The van der Waals surface area contributed by atoms with Gasteiger partial charge in [0.25, 0.3) is 5.19 Å². The number of methoxy groups -OCH3 is 1. The summed E-state index contributed by atoms with van der Waals surface area (Å²) in [4.78, 5) is 19.0. The van der Waals surface area contributed by atoms with Gasteiger partial charge in [0.2, 0.25) is 0 Å². The zero-order valence-corrected chi connectivity index (χ0v) is 18.0. The van der Waals surface area contributed by atoms with Gasteiger partial charge in [-0.2, -0.15) is 4.98 Å². The van der Waals surface area contributed by atoms with Gasteiger partial charge in [0.1, 0.15) is 11.3 Å². The third kappa shape index (κ3) is 4.66. The number of amides is 1. The van der Waals surface area contributed by atoms with Crippen LogP contribution < -0.4 is 19.7 Å². The van der Waals surface area contributed by atoms with E-state index in [0.29, 0.717) is 36.2 Å². The fraction of sp³-hybridized carbons (Fsp3) is 0.364. The molecule has 0 aliphatic carbocycles. The van der Waals surface area contributed by atoms with Crippen LogP contribution in [0.15, 0.2) is 36.4 Å². The monoisotopic (exact) mass is 427 g/mol. The van der Waals surface area contributed by atoms with Gasteiger partial charge in [-0.25, -0.2) is 4.79 Å². The second kappa shape index (κ2) is 9.32.